The van der Waals surface area contributed by atoms with Crippen LogP contribution in [0.1, 0.15) is 56.8 Å². The molecule has 0 aromatic heterocycles. The largest absolute Gasteiger partial charge is 0.462 e. The van der Waals surface area contributed by atoms with Crippen molar-refractivity contribution in [1.29, 1.82) is 0 Å². The maximum atomic E-state index is 12.0. The van der Waals surface area contributed by atoms with E-state index < -0.39 is 23.6 Å². The number of carbonyl (C=O) groups is 3. The first-order valence-corrected chi connectivity index (χ1v) is 9.09. The van der Waals surface area contributed by atoms with E-state index in [1.54, 1.807) is 24.3 Å². The molecule has 1 aromatic rings. The van der Waals surface area contributed by atoms with Crippen LogP contribution < -0.4 is 0 Å². The fraction of sp³-hybridized carbons (Fsp3) is 0.500. The van der Waals surface area contributed by atoms with Gasteiger partial charge in [-0.1, -0.05) is 26.2 Å². The third-order valence-corrected chi connectivity index (χ3v) is 3.91. The molecule has 146 valence electrons. The lowest BCUT2D eigenvalue weighted by molar-refractivity contribution is -0.235. The van der Waals surface area contributed by atoms with Gasteiger partial charge in [0, 0.05) is 20.1 Å². The first kappa shape index (κ1) is 20.6. The molecular weight excluding hydrogens is 350 g/mol. The van der Waals surface area contributed by atoms with Crippen molar-refractivity contribution < 1.29 is 28.6 Å². The van der Waals surface area contributed by atoms with Gasteiger partial charge in [0.25, 0.3) is 5.79 Å². The van der Waals surface area contributed by atoms with Crippen molar-refractivity contribution in [1.82, 2.24) is 0 Å². The highest BCUT2D eigenvalue weighted by atomic mass is 16.7. The summed E-state index contributed by atoms with van der Waals surface area (Å²) in [7, 11) is 0. The monoisotopic (exact) mass is 375 g/mol. The van der Waals surface area contributed by atoms with Crippen molar-refractivity contribution in [3.05, 3.63) is 29.8 Å². The normalized spacial score (nSPS) is 16.9. The number of benzene rings is 1. The van der Waals surface area contributed by atoms with Gasteiger partial charge in [-0.15, -0.1) is 0 Å². The molecule has 0 atom stereocenters. The molecule has 1 saturated heterocycles. The maximum absolute atomic E-state index is 12.0. The first-order chi connectivity index (χ1) is 12.8. The first-order valence-electron chi connectivity index (χ1n) is 9.09. The molecule has 0 bridgehead atoms. The molecule has 27 heavy (non-hydrogen) atoms. The predicted molar refractivity (Wildman–Crippen MR) is 98.8 cm³/mol. The lowest BCUT2D eigenvalue weighted by atomic mass is 10.1. The van der Waals surface area contributed by atoms with Crippen LogP contribution in [0.25, 0.3) is 0 Å². The van der Waals surface area contributed by atoms with E-state index in [2.05, 4.69) is 11.9 Å². The van der Waals surface area contributed by atoms with E-state index in [0.717, 1.165) is 25.7 Å². The third-order valence-electron chi connectivity index (χ3n) is 3.91. The molecule has 1 fully saturated rings. The Balaban J connectivity index is 1.89. The van der Waals surface area contributed by atoms with Gasteiger partial charge in [0.15, 0.2) is 5.92 Å². The highest BCUT2D eigenvalue weighted by Gasteiger charge is 2.42. The van der Waals surface area contributed by atoms with Crippen LogP contribution in [0.2, 0.25) is 0 Å². The summed E-state index contributed by atoms with van der Waals surface area (Å²) < 4.78 is 15.3. The summed E-state index contributed by atoms with van der Waals surface area (Å²) in [6.07, 6.45) is 5.34. The number of carbonyl (C=O) groups excluding carboxylic acids is 3. The van der Waals surface area contributed by atoms with Crippen molar-refractivity contribution in [2.45, 2.75) is 52.2 Å². The number of hydrogen-bond donors (Lipinski definition) is 0. The number of ether oxygens (including phenoxy) is 3. The molecule has 0 spiro atoms. The van der Waals surface area contributed by atoms with E-state index in [-0.39, 0.29) is 5.97 Å². The Hall–Kier alpha value is -2.70. The minimum absolute atomic E-state index is 0.385. The van der Waals surface area contributed by atoms with Crippen LogP contribution in [-0.2, 0) is 23.8 Å². The van der Waals surface area contributed by atoms with Gasteiger partial charge in [-0.25, -0.2) is 4.79 Å². The van der Waals surface area contributed by atoms with Gasteiger partial charge in [-0.3, -0.25) is 14.6 Å². The van der Waals surface area contributed by atoms with Crippen LogP contribution >= 0.6 is 0 Å². The summed E-state index contributed by atoms with van der Waals surface area (Å²) in [6, 6.07) is 6.38. The second-order valence-corrected chi connectivity index (χ2v) is 6.74. The number of hydrogen-bond acceptors (Lipinski definition) is 7. The standard InChI is InChI=1S/C20H25NO6/c1-4-5-6-7-12-25-17(22)14-8-10-15(11-9-14)21-13-16-18(23)26-20(2,3)27-19(16)24/h8-11,13,16H,4-7,12H2,1-3H3. The molecule has 2 rings (SSSR count). The second-order valence-electron chi connectivity index (χ2n) is 6.74. The van der Waals surface area contributed by atoms with Crippen molar-refractivity contribution in [2.75, 3.05) is 6.61 Å². The van der Waals surface area contributed by atoms with Crippen molar-refractivity contribution in [3.8, 4) is 0 Å². The van der Waals surface area contributed by atoms with E-state index in [4.69, 9.17) is 14.2 Å². The second kappa shape index (κ2) is 9.30. The van der Waals surface area contributed by atoms with Gasteiger partial charge < -0.3 is 14.2 Å². The SMILES string of the molecule is CCCCCCOC(=O)c1ccc(N=CC2C(=O)OC(C)(C)OC2=O)cc1. The Morgan fingerprint density at radius 3 is 2.33 bits per heavy atom. The molecule has 0 unspecified atom stereocenters. The van der Waals surface area contributed by atoms with Crippen molar-refractivity contribution in [2.24, 2.45) is 10.9 Å². The number of aliphatic imine (C=N–C) groups is 1. The molecule has 1 aliphatic heterocycles. The number of rotatable bonds is 8. The quantitative estimate of drug-likeness (QED) is 0.298. The van der Waals surface area contributed by atoms with Crippen molar-refractivity contribution >= 4 is 29.8 Å². The summed E-state index contributed by atoms with van der Waals surface area (Å²) in [4.78, 5) is 39.8. The summed E-state index contributed by atoms with van der Waals surface area (Å²) >= 11 is 0. The predicted octanol–water partition coefficient (Wildman–Crippen LogP) is 3.58. The summed E-state index contributed by atoms with van der Waals surface area (Å²) in [6.45, 7) is 5.49. The van der Waals surface area contributed by atoms with E-state index in [0.29, 0.717) is 17.9 Å². The maximum Gasteiger partial charge on any atom is 0.338 e. The Bertz CT molecular complexity index is 688. The fourth-order valence-corrected chi connectivity index (χ4v) is 2.47. The third kappa shape index (κ3) is 6.20. The Morgan fingerprint density at radius 1 is 1.11 bits per heavy atom. The van der Waals surface area contributed by atoms with Gasteiger partial charge in [0.1, 0.15) is 0 Å². The number of cyclic esters (lactones) is 2. The van der Waals surface area contributed by atoms with Gasteiger partial charge in [-0.2, -0.15) is 0 Å². The highest BCUT2D eigenvalue weighted by molar-refractivity contribution is 6.10. The molecule has 7 heteroatoms. The average Bonchev–Trinajstić information content (AvgIpc) is 2.60. The molecule has 0 radical (unpaired) electrons. The topological polar surface area (TPSA) is 91.3 Å². The Kier molecular flexibility index (Phi) is 7.10. The minimum atomic E-state index is -1.27. The zero-order valence-corrected chi connectivity index (χ0v) is 15.9. The van der Waals surface area contributed by atoms with Crippen LogP contribution in [0.15, 0.2) is 29.3 Å². The van der Waals surface area contributed by atoms with Crippen LogP contribution in [-0.4, -0.2) is 36.5 Å². The number of nitrogens with zero attached hydrogens (tertiary/aromatic N) is 1. The van der Waals surface area contributed by atoms with Crippen molar-refractivity contribution in [3.63, 3.8) is 0 Å². The van der Waals surface area contributed by atoms with Gasteiger partial charge in [-0.05, 0) is 30.7 Å². The van der Waals surface area contributed by atoms with Gasteiger partial charge in [0.05, 0.1) is 17.9 Å². The summed E-state index contributed by atoms with van der Waals surface area (Å²) in [5.74, 6) is -4.27. The highest BCUT2D eigenvalue weighted by Crippen LogP contribution is 2.23. The zero-order valence-electron chi connectivity index (χ0n) is 15.9. The molecule has 0 aliphatic carbocycles. The average molecular weight is 375 g/mol. The minimum Gasteiger partial charge on any atom is -0.462 e. The van der Waals surface area contributed by atoms with E-state index in [9.17, 15) is 14.4 Å². The fourth-order valence-electron chi connectivity index (χ4n) is 2.47. The number of unbranched alkanes of at least 4 members (excludes halogenated alkanes) is 3. The molecule has 1 aromatic carbocycles. The molecule has 1 aliphatic rings. The van der Waals surface area contributed by atoms with E-state index in [1.807, 2.05) is 0 Å². The lowest BCUT2D eigenvalue weighted by Gasteiger charge is -2.31. The number of esters is 3. The molecular formula is C20H25NO6. The lowest BCUT2D eigenvalue weighted by Crippen LogP contribution is -2.46. The zero-order chi connectivity index (χ0) is 19.9. The molecule has 0 saturated carbocycles. The summed E-state index contributed by atoms with van der Waals surface area (Å²) in [5.41, 5.74) is 0.905. The van der Waals surface area contributed by atoms with Gasteiger partial charge >= 0.3 is 17.9 Å². The Labute approximate surface area is 158 Å². The van der Waals surface area contributed by atoms with E-state index in [1.165, 1.54) is 20.1 Å². The van der Waals surface area contributed by atoms with E-state index >= 15 is 0 Å². The van der Waals surface area contributed by atoms with Gasteiger partial charge in [0.2, 0.25) is 0 Å². The molecule has 0 N–H and O–H groups in total. The van der Waals surface area contributed by atoms with Crippen LogP contribution in [0.5, 0.6) is 0 Å². The van der Waals surface area contributed by atoms with Crippen LogP contribution in [0, 0.1) is 5.92 Å². The molecule has 0 amide bonds. The van der Waals surface area contributed by atoms with Crippen LogP contribution in [0.3, 0.4) is 0 Å². The molecule has 7 nitrogen and oxygen atoms in total. The van der Waals surface area contributed by atoms with Crippen LogP contribution in [0.4, 0.5) is 5.69 Å². The summed E-state index contributed by atoms with van der Waals surface area (Å²) in [5, 5.41) is 0. The smallest absolute Gasteiger partial charge is 0.338 e. The molecule has 1 heterocycles. The Morgan fingerprint density at radius 2 is 1.74 bits per heavy atom.